The maximum Gasteiger partial charge on any atom is 0.241 e. The van der Waals surface area contributed by atoms with Crippen LogP contribution in [-0.2, 0) is 16.8 Å². The van der Waals surface area contributed by atoms with Crippen LogP contribution in [0.25, 0.3) is 11.4 Å². The second kappa shape index (κ2) is 11.9. The fraction of sp³-hybridized carbons (Fsp3) is 0.312. The molecule has 0 atom stereocenters. The molecule has 3 aromatic carbocycles. The number of nitrogens with one attached hydrogen (secondary N) is 1. The highest BCUT2D eigenvalue weighted by Gasteiger charge is 2.26. The number of likely N-dealkylation sites (tertiary alicyclic amines) is 1. The first-order valence-corrected chi connectivity index (χ1v) is 14.3. The maximum atomic E-state index is 13.1. The Labute approximate surface area is 243 Å². The lowest BCUT2D eigenvalue weighted by Gasteiger charge is -2.30. The predicted octanol–water partition coefficient (Wildman–Crippen LogP) is 6.88. The molecule has 0 saturated carbocycles. The van der Waals surface area contributed by atoms with Crippen molar-refractivity contribution in [3.05, 3.63) is 99.9 Å². The van der Waals surface area contributed by atoms with E-state index in [1.54, 1.807) is 12.1 Å². The second-order valence-electron chi connectivity index (χ2n) is 11.3. The Bertz CT molecular complexity index is 1500. The largest absolute Gasteiger partial charge is 0.338 e. The van der Waals surface area contributed by atoms with Crippen LogP contribution >= 0.6 is 15.9 Å². The minimum absolute atomic E-state index is 0.0199. The van der Waals surface area contributed by atoms with Crippen molar-refractivity contribution in [2.24, 2.45) is 5.92 Å². The predicted molar refractivity (Wildman–Crippen MR) is 159 cm³/mol. The van der Waals surface area contributed by atoms with Crippen molar-refractivity contribution >= 4 is 33.3 Å². The van der Waals surface area contributed by atoms with Gasteiger partial charge in [-0.3, -0.25) is 14.5 Å². The summed E-state index contributed by atoms with van der Waals surface area (Å²) >= 11 is 3.47. The molecule has 0 bridgehead atoms. The molecule has 1 amide bonds. The van der Waals surface area contributed by atoms with Crippen LogP contribution < -0.4 is 5.32 Å². The van der Waals surface area contributed by atoms with Crippen LogP contribution in [0.3, 0.4) is 0 Å². The normalized spacial score (nSPS) is 14.7. The Morgan fingerprint density at radius 3 is 2.40 bits per heavy atom. The lowest BCUT2D eigenvalue weighted by atomic mass is 9.86. The molecule has 4 aromatic rings. The lowest BCUT2D eigenvalue weighted by molar-refractivity contribution is -0.121. The molecule has 40 heavy (non-hydrogen) atoms. The van der Waals surface area contributed by atoms with Gasteiger partial charge in [-0.2, -0.15) is 4.98 Å². The minimum atomic E-state index is -0.0968. The van der Waals surface area contributed by atoms with Crippen LogP contribution in [-0.4, -0.2) is 39.8 Å². The number of piperidine rings is 1. The monoisotopic (exact) mass is 600 g/mol. The van der Waals surface area contributed by atoms with Crippen molar-refractivity contribution < 1.29 is 14.1 Å². The third-order valence-corrected chi connectivity index (χ3v) is 7.77. The van der Waals surface area contributed by atoms with Crippen molar-refractivity contribution in [3.8, 4) is 11.4 Å². The summed E-state index contributed by atoms with van der Waals surface area (Å²) in [4.78, 5) is 32.9. The third-order valence-electron chi connectivity index (χ3n) is 7.27. The average Bonchev–Trinajstić information content (AvgIpc) is 3.41. The number of anilines is 1. The zero-order valence-electron chi connectivity index (χ0n) is 23.0. The number of rotatable bonds is 7. The number of amides is 1. The Morgan fingerprint density at radius 1 is 0.975 bits per heavy atom. The van der Waals surface area contributed by atoms with Crippen LogP contribution in [0.5, 0.6) is 0 Å². The Balaban J connectivity index is 1.14. The molecule has 8 heteroatoms. The lowest BCUT2D eigenvalue weighted by Crippen LogP contribution is -2.37. The summed E-state index contributed by atoms with van der Waals surface area (Å²) in [6, 6.07) is 22.7. The maximum absolute atomic E-state index is 13.1. The van der Waals surface area contributed by atoms with Crippen molar-refractivity contribution in [1.82, 2.24) is 15.0 Å². The van der Waals surface area contributed by atoms with Gasteiger partial charge in [-0.25, -0.2) is 0 Å². The molecule has 2 heterocycles. The summed E-state index contributed by atoms with van der Waals surface area (Å²) in [5.74, 6) is 0.948. The smallest absolute Gasteiger partial charge is 0.241 e. The van der Waals surface area contributed by atoms with Crippen LogP contribution in [0.2, 0.25) is 0 Å². The van der Waals surface area contributed by atoms with E-state index in [-0.39, 0.29) is 23.0 Å². The molecule has 1 fully saturated rings. The first kappa shape index (κ1) is 27.9. The van der Waals surface area contributed by atoms with Crippen LogP contribution in [0.15, 0.2) is 81.8 Å². The highest BCUT2D eigenvalue weighted by Crippen LogP contribution is 2.25. The quantitative estimate of drug-likeness (QED) is 0.233. The van der Waals surface area contributed by atoms with Crippen molar-refractivity contribution in [2.45, 2.75) is 45.6 Å². The van der Waals surface area contributed by atoms with Gasteiger partial charge in [0.15, 0.2) is 5.78 Å². The fourth-order valence-electron chi connectivity index (χ4n) is 4.88. The molecule has 0 spiro atoms. The standard InChI is InChI=1S/C32H33BrN4O3/c1-32(2,3)25-12-10-21(11-13-25)29(38)23-6-5-9-27(19-23)34-31(39)22-14-16-37(17-15-22)20-28-35-30(36-40-28)24-7-4-8-26(33)18-24/h4-13,18-19,22H,14-17,20H2,1-3H3,(H,34,39). The fourth-order valence-corrected chi connectivity index (χ4v) is 5.28. The van der Waals surface area contributed by atoms with Gasteiger partial charge in [0, 0.05) is 32.8 Å². The first-order chi connectivity index (χ1) is 19.2. The van der Waals surface area contributed by atoms with E-state index in [1.807, 2.05) is 60.7 Å². The topological polar surface area (TPSA) is 88.3 Å². The summed E-state index contributed by atoms with van der Waals surface area (Å²) in [7, 11) is 0. The molecule has 0 radical (unpaired) electrons. The summed E-state index contributed by atoms with van der Waals surface area (Å²) in [6.45, 7) is 8.51. The van der Waals surface area contributed by atoms with Gasteiger partial charge < -0.3 is 9.84 Å². The highest BCUT2D eigenvalue weighted by molar-refractivity contribution is 9.10. The van der Waals surface area contributed by atoms with Crippen molar-refractivity contribution in [2.75, 3.05) is 18.4 Å². The Hall–Kier alpha value is -3.62. The second-order valence-corrected chi connectivity index (χ2v) is 12.2. The number of carbonyl (C=O) groups is 2. The third kappa shape index (κ3) is 6.74. The molecular formula is C32H33BrN4O3. The molecule has 1 N–H and O–H groups in total. The van der Waals surface area contributed by atoms with E-state index in [0.717, 1.165) is 36.0 Å². The van der Waals surface area contributed by atoms with Gasteiger partial charge in [0.05, 0.1) is 6.54 Å². The SMILES string of the molecule is CC(C)(C)c1ccc(C(=O)c2cccc(NC(=O)C3CCN(Cc4nc(-c5cccc(Br)c5)no4)CC3)c2)cc1. The molecule has 7 nitrogen and oxygen atoms in total. The van der Waals surface area contributed by atoms with Gasteiger partial charge in [-0.05, 0) is 61.2 Å². The van der Waals surface area contributed by atoms with E-state index in [1.165, 1.54) is 5.56 Å². The highest BCUT2D eigenvalue weighted by atomic mass is 79.9. The number of nitrogens with zero attached hydrogens (tertiary/aromatic N) is 3. The van der Waals surface area contributed by atoms with Crippen molar-refractivity contribution in [3.63, 3.8) is 0 Å². The average molecular weight is 602 g/mol. The Kier molecular flexibility index (Phi) is 8.28. The van der Waals surface area contributed by atoms with Gasteiger partial charge in [0.25, 0.3) is 0 Å². The molecule has 0 unspecified atom stereocenters. The molecular weight excluding hydrogens is 568 g/mol. The van der Waals surface area contributed by atoms with E-state index in [9.17, 15) is 9.59 Å². The van der Waals surface area contributed by atoms with Crippen LogP contribution in [0.4, 0.5) is 5.69 Å². The van der Waals surface area contributed by atoms with Gasteiger partial charge >= 0.3 is 0 Å². The molecule has 1 aromatic heterocycles. The van der Waals surface area contributed by atoms with Crippen LogP contribution in [0, 0.1) is 5.92 Å². The number of ketones is 1. The number of carbonyl (C=O) groups excluding carboxylic acids is 2. The molecule has 0 aliphatic carbocycles. The zero-order chi connectivity index (χ0) is 28.3. The Morgan fingerprint density at radius 2 is 1.70 bits per heavy atom. The summed E-state index contributed by atoms with van der Waals surface area (Å²) in [5.41, 5.74) is 3.92. The molecule has 1 aliphatic rings. The number of aromatic nitrogens is 2. The molecule has 1 saturated heterocycles. The summed E-state index contributed by atoms with van der Waals surface area (Å²) in [6.07, 6.45) is 1.47. The zero-order valence-corrected chi connectivity index (χ0v) is 24.6. The van der Waals surface area contributed by atoms with E-state index in [4.69, 9.17) is 4.52 Å². The number of hydrogen-bond donors (Lipinski definition) is 1. The minimum Gasteiger partial charge on any atom is -0.338 e. The number of halogens is 1. The van der Waals surface area contributed by atoms with Gasteiger partial charge in [-0.15, -0.1) is 0 Å². The van der Waals surface area contributed by atoms with E-state index in [2.05, 4.69) is 57.1 Å². The first-order valence-electron chi connectivity index (χ1n) is 13.5. The number of hydrogen-bond acceptors (Lipinski definition) is 6. The van der Waals surface area contributed by atoms with Gasteiger partial charge in [-0.1, -0.05) is 90.4 Å². The van der Waals surface area contributed by atoms with Crippen LogP contribution in [0.1, 0.15) is 61.0 Å². The van der Waals surface area contributed by atoms with Gasteiger partial charge in [0.2, 0.25) is 17.6 Å². The van der Waals surface area contributed by atoms with E-state index < -0.39 is 0 Å². The molecule has 206 valence electrons. The summed E-state index contributed by atoms with van der Waals surface area (Å²) in [5, 5.41) is 7.14. The van der Waals surface area contributed by atoms with E-state index in [0.29, 0.717) is 35.1 Å². The summed E-state index contributed by atoms with van der Waals surface area (Å²) < 4.78 is 6.43. The van der Waals surface area contributed by atoms with Gasteiger partial charge in [0.1, 0.15) is 0 Å². The molecule has 5 rings (SSSR count). The van der Waals surface area contributed by atoms with Crippen molar-refractivity contribution in [1.29, 1.82) is 0 Å². The van der Waals surface area contributed by atoms with E-state index >= 15 is 0 Å². The molecule has 1 aliphatic heterocycles. The number of benzene rings is 3.